The Morgan fingerprint density at radius 3 is 3.00 bits per heavy atom. The van der Waals surface area contributed by atoms with E-state index in [1.807, 2.05) is 6.21 Å². The molecule has 0 aliphatic heterocycles. The second-order valence-corrected chi connectivity index (χ2v) is 8.29. The molecular weight excluding hydrogens is 320 g/mol. The number of fused-ring (bicyclic) bond motifs is 2. The summed E-state index contributed by atoms with van der Waals surface area (Å²) in [7, 11) is 0. The Morgan fingerprint density at radius 1 is 1.30 bits per heavy atom. The molecule has 0 radical (unpaired) electrons. The van der Waals surface area contributed by atoms with E-state index in [4.69, 9.17) is 0 Å². The molecule has 114 valence electrons. The van der Waals surface area contributed by atoms with Gasteiger partial charge in [0, 0.05) is 20.7 Å². The summed E-state index contributed by atoms with van der Waals surface area (Å²) in [4.78, 5) is 7.15. The maximum absolute atomic E-state index is 9.53. The Balaban J connectivity index is 1.69. The zero-order chi connectivity index (χ0) is 15.8. The molecule has 0 saturated heterocycles. The molecule has 0 bridgehead atoms. The van der Waals surface area contributed by atoms with E-state index in [0.717, 1.165) is 28.3 Å². The van der Waals surface area contributed by atoms with Crippen LogP contribution in [0.2, 0.25) is 0 Å². The lowest BCUT2D eigenvalue weighted by Gasteiger charge is -2.17. The third kappa shape index (κ3) is 2.71. The van der Waals surface area contributed by atoms with E-state index in [9.17, 15) is 5.26 Å². The summed E-state index contributed by atoms with van der Waals surface area (Å²) in [6, 6.07) is 12.9. The van der Waals surface area contributed by atoms with Crippen LogP contribution in [0.15, 0.2) is 35.3 Å². The molecule has 23 heavy (non-hydrogen) atoms. The van der Waals surface area contributed by atoms with Crippen molar-refractivity contribution in [3.63, 3.8) is 0 Å². The van der Waals surface area contributed by atoms with Gasteiger partial charge in [-0.2, -0.15) is 5.26 Å². The summed E-state index contributed by atoms with van der Waals surface area (Å²) < 4.78 is 1.27. The van der Waals surface area contributed by atoms with E-state index < -0.39 is 0 Å². The monoisotopic (exact) mass is 336 g/mol. The molecule has 0 spiro atoms. The number of hydrogen-bond donors (Lipinski definition) is 0. The minimum absolute atomic E-state index is 0.715. The average Bonchev–Trinajstić information content (AvgIpc) is 3.12. The van der Waals surface area contributed by atoms with E-state index in [-0.39, 0.29) is 0 Å². The molecule has 0 fully saturated rings. The molecule has 0 N–H and O–H groups in total. The fraction of sp³-hybridized carbons (Fsp3) is 0.263. The van der Waals surface area contributed by atoms with Gasteiger partial charge in [-0.3, -0.25) is 0 Å². The molecule has 0 amide bonds. The lowest BCUT2D eigenvalue weighted by atomic mass is 9.89. The molecule has 0 saturated carbocycles. The summed E-state index contributed by atoms with van der Waals surface area (Å²) >= 11 is 3.44. The number of nitriles is 1. The number of hydrogen-bond acceptors (Lipinski definition) is 4. The van der Waals surface area contributed by atoms with Crippen LogP contribution in [0.4, 0.5) is 5.00 Å². The van der Waals surface area contributed by atoms with E-state index >= 15 is 0 Å². The zero-order valence-corrected chi connectivity index (χ0v) is 14.5. The lowest BCUT2D eigenvalue weighted by Crippen LogP contribution is -2.09. The van der Waals surface area contributed by atoms with E-state index in [1.54, 1.807) is 22.7 Å². The minimum Gasteiger partial charge on any atom is -0.243 e. The van der Waals surface area contributed by atoms with Gasteiger partial charge in [-0.25, -0.2) is 4.99 Å². The van der Waals surface area contributed by atoms with E-state index in [2.05, 4.69) is 48.3 Å². The summed E-state index contributed by atoms with van der Waals surface area (Å²) in [5.41, 5.74) is 2.05. The summed E-state index contributed by atoms with van der Waals surface area (Å²) in [5.74, 6) is 0.715. The minimum atomic E-state index is 0.715. The molecule has 2 aromatic heterocycles. The van der Waals surface area contributed by atoms with Crippen LogP contribution in [0.1, 0.15) is 34.2 Å². The largest absolute Gasteiger partial charge is 0.243 e. The van der Waals surface area contributed by atoms with Gasteiger partial charge >= 0.3 is 0 Å². The predicted octanol–water partition coefficient (Wildman–Crippen LogP) is 5.71. The third-order valence-corrected chi connectivity index (χ3v) is 6.57. The number of aliphatic imine (C=N–C) groups is 1. The lowest BCUT2D eigenvalue weighted by molar-refractivity contribution is 0.507. The van der Waals surface area contributed by atoms with Gasteiger partial charge in [-0.05, 0) is 48.3 Å². The molecule has 4 rings (SSSR count). The topological polar surface area (TPSA) is 36.1 Å². The molecule has 1 aliphatic carbocycles. The van der Waals surface area contributed by atoms with Gasteiger partial charge in [0.2, 0.25) is 0 Å². The van der Waals surface area contributed by atoms with Crippen LogP contribution < -0.4 is 0 Å². The Morgan fingerprint density at radius 2 is 2.17 bits per heavy atom. The van der Waals surface area contributed by atoms with Gasteiger partial charge in [0.05, 0.1) is 5.56 Å². The Hall–Kier alpha value is -1.96. The van der Waals surface area contributed by atoms with Gasteiger partial charge < -0.3 is 0 Å². The first kappa shape index (κ1) is 14.6. The molecule has 2 nitrogen and oxygen atoms in total. The van der Waals surface area contributed by atoms with Crippen LogP contribution in [-0.4, -0.2) is 6.21 Å². The van der Waals surface area contributed by atoms with Crippen LogP contribution in [-0.2, 0) is 12.8 Å². The van der Waals surface area contributed by atoms with Crippen molar-refractivity contribution < 1.29 is 0 Å². The maximum Gasteiger partial charge on any atom is 0.134 e. The quantitative estimate of drug-likeness (QED) is 0.552. The van der Waals surface area contributed by atoms with Gasteiger partial charge in [0.1, 0.15) is 11.1 Å². The van der Waals surface area contributed by atoms with Crippen molar-refractivity contribution in [1.82, 2.24) is 0 Å². The van der Waals surface area contributed by atoms with E-state index in [0.29, 0.717) is 5.92 Å². The Kier molecular flexibility index (Phi) is 3.76. The molecule has 1 atom stereocenters. The molecule has 3 aromatic rings. The highest BCUT2D eigenvalue weighted by atomic mass is 32.1. The van der Waals surface area contributed by atoms with Gasteiger partial charge in [0.25, 0.3) is 0 Å². The number of thiophene rings is 2. The maximum atomic E-state index is 9.53. The summed E-state index contributed by atoms with van der Waals surface area (Å²) in [6.45, 7) is 2.29. The van der Waals surface area contributed by atoms with Crippen LogP contribution >= 0.6 is 22.7 Å². The molecular formula is C19H16N2S2. The van der Waals surface area contributed by atoms with E-state index in [1.165, 1.54) is 26.9 Å². The Bertz CT molecular complexity index is 907. The van der Waals surface area contributed by atoms with Crippen molar-refractivity contribution in [2.45, 2.75) is 26.2 Å². The van der Waals surface area contributed by atoms with Gasteiger partial charge in [-0.15, -0.1) is 22.7 Å². The van der Waals surface area contributed by atoms with Crippen molar-refractivity contribution in [3.05, 3.63) is 51.2 Å². The van der Waals surface area contributed by atoms with Gasteiger partial charge in [-0.1, -0.05) is 25.1 Å². The first-order valence-corrected chi connectivity index (χ1v) is 9.45. The second kappa shape index (κ2) is 5.92. The highest BCUT2D eigenvalue weighted by Crippen LogP contribution is 2.40. The third-order valence-electron chi connectivity index (χ3n) is 4.36. The predicted molar refractivity (Wildman–Crippen MR) is 99.3 cm³/mol. The van der Waals surface area contributed by atoms with Gasteiger partial charge in [0.15, 0.2) is 0 Å². The van der Waals surface area contributed by atoms with Crippen LogP contribution in [0.25, 0.3) is 10.1 Å². The summed E-state index contributed by atoms with van der Waals surface area (Å²) in [6.07, 6.45) is 5.20. The fourth-order valence-electron chi connectivity index (χ4n) is 3.13. The fourth-order valence-corrected chi connectivity index (χ4v) is 5.37. The molecule has 1 unspecified atom stereocenters. The standard InChI is InChI=1S/C19H16N2S2/c1-12-6-7-15-16(10-20)19(23-18(15)8-12)21-11-14-9-13-4-2-3-5-17(13)22-14/h2-5,9,11-12H,6-8H2,1H3. The van der Waals surface area contributed by atoms with Crippen molar-refractivity contribution >= 4 is 44.0 Å². The molecule has 2 heterocycles. The first-order valence-electron chi connectivity index (χ1n) is 7.82. The van der Waals surface area contributed by atoms with Crippen LogP contribution in [0, 0.1) is 17.2 Å². The first-order chi connectivity index (χ1) is 11.2. The van der Waals surface area contributed by atoms with Crippen molar-refractivity contribution in [2.75, 3.05) is 0 Å². The molecule has 1 aromatic carbocycles. The zero-order valence-electron chi connectivity index (χ0n) is 12.9. The van der Waals surface area contributed by atoms with Crippen molar-refractivity contribution in [2.24, 2.45) is 10.9 Å². The van der Waals surface area contributed by atoms with Crippen LogP contribution in [0.5, 0.6) is 0 Å². The van der Waals surface area contributed by atoms with Crippen molar-refractivity contribution in [1.29, 1.82) is 5.26 Å². The highest BCUT2D eigenvalue weighted by molar-refractivity contribution is 7.20. The SMILES string of the molecule is CC1CCc2c(sc(N=Cc3cc4ccccc4s3)c2C#N)C1. The molecule has 4 heteroatoms. The smallest absolute Gasteiger partial charge is 0.134 e. The number of benzene rings is 1. The second-order valence-electron chi connectivity index (χ2n) is 6.09. The number of nitrogens with zero attached hydrogens (tertiary/aromatic N) is 2. The Labute approximate surface area is 143 Å². The number of rotatable bonds is 2. The average molecular weight is 336 g/mol. The molecule has 1 aliphatic rings. The van der Waals surface area contributed by atoms with Crippen molar-refractivity contribution in [3.8, 4) is 6.07 Å². The highest BCUT2D eigenvalue weighted by Gasteiger charge is 2.23. The summed E-state index contributed by atoms with van der Waals surface area (Å²) in [5, 5.41) is 11.7. The van der Waals surface area contributed by atoms with Crippen LogP contribution in [0.3, 0.4) is 0 Å². The normalized spacial score (nSPS) is 17.5.